The van der Waals surface area contributed by atoms with Crippen molar-refractivity contribution in [3.8, 4) is 5.75 Å². The molecule has 2 atom stereocenters. The van der Waals surface area contributed by atoms with E-state index in [-0.39, 0.29) is 12.2 Å². The van der Waals surface area contributed by atoms with Crippen molar-refractivity contribution >= 4 is 23.6 Å². The van der Waals surface area contributed by atoms with Crippen molar-refractivity contribution in [2.75, 3.05) is 5.32 Å². The van der Waals surface area contributed by atoms with Crippen molar-refractivity contribution in [1.82, 2.24) is 10.2 Å². The van der Waals surface area contributed by atoms with E-state index in [0.717, 1.165) is 11.1 Å². The number of rotatable bonds is 9. The van der Waals surface area contributed by atoms with Gasteiger partial charge < -0.3 is 25.4 Å². The van der Waals surface area contributed by atoms with Gasteiger partial charge in [0.25, 0.3) is 5.91 Å². The molecular weight excluding hydrogens is 518 g/mol. The largest absolute Gasteiger partial charge is 0.508 e. The average molecular weight is 560 g/mol. The van der Waals surface area contributed by atoms with Gasteiger partial charge in [0.2, 0.25) is 5.91 Å². The number of aryl methyl sites for hydroxylation is 2. The fourth-order valence-electron chi connectivity index (χ4n) is 4.56. The van der Waals surface area contributed by atoms with Crippen LogP contribution in [0.3, 0.4) is 0 Å². The Kier molecular flexibility index (Phi) is 10.2. The maximum atomic E-state index is 14.4. The first-order valence-corrected chi connectivity index (χ1v) is 13.8. The van der Waals surface area contributed by atoms with Crippen LogP contribution in [-0.2, 0) is 20.7 Å². The molecule has 41 heavy (non-hydrogen) atoms. The molecule has 0 bridgehead atoms. The van der Waals surface area contributed by atoms with Crippen LogP contribution >= 0.6 is 0 Å². The molecule has 3 aromatic rings. The highest BCUT2D eigenvalue weighted by Gasteiger charge is 2.38. The van der Waals surface area contributed by atoms with E-state index in [1.165, 1.54) is 11.0 Å². The molecule has 3 amide bonds. The number of phenols is 1. The maximum Gasteiger partial charge on any atom is 0.408 e. The van der Waals surface area contributed by atoms with E-state index in [2.05, 4.69) is 10.6 Å². The van der Waals surface area contributed by atoms with Crippen LogP contribution in [0.4, 0.5) is 10.5 Å². The monoisotopic (exact) mass is 559 g/mol. The number of carbonyl (C=O) groups excluding carboxylic acids is 3. The molecule has 3 aromatic carbocycles. The Morgan fingerprint density at radius 1 is 0.902 bits per heavy atom. The lowest BCUT2D eigenvalue weighted by Gasteiger charge is -2.37. The molecule has 3 N–H and O–H groups in total. The third-order valence-electron chi connectivity index (χ3n) is 6.55. The zero-order chi connectivity index (χ0) is 30.3. The fourth-order valence-corrected chi connectivity index (χ4v) is 4.56. The Hall–Kier alpha value is -4.33. The molecule has 0 heterocycles. The molecule has 2 unspecified atom stereocenters. The van der Waals surface area contributed by atoms with Crippen molar-refractivity contribution in [2.45, 2.75) is 78.6 Å². The van der Waals surface area contributed by atoms with Crippen molar-refractivity contribution in [1.29, 1.82) is 0 Å². The summed E-state index contributed by atoms with van der Waals surface area (Å²) in [4.78, 5) is 42.8. The normalized spacial score (nSPS) is 12.8. The number of ether oxygens (including phenoxy) is 1. The number of aromatic hydroxyl groups is 1. The molecule has 3 rings (SSSR count). The summed E-state index contributed by atoms with van der Waals surface area (Å²) in [5, 5.41) is 15.9. The van der Waals surface area contributed by atoms with Crippen molar-refractivity contribution in [3.63, 3.8) is 0 Å². The molecule has 0 aliphatic rings. The Labute approximate surface area is 242 Å². The second-order valence-corrected chi connectivity index (χ2v) is 11.5. The number of anilines is 1. The van der Waals surface area contributed by atoms with Gasteiger partial charge in [-0.05, 0) is 88.9 Å². The number of benzene rings is 3. The van der Waals surface area contributed by atoms with Crippen LogP contribution in [0.2, 0.25) is 0 Å². The van der Waals surface area contributed by atoms with Gasteiger partial charge in [-0.2, -0.15) is 0 Å². The summed E-state index contributed by atoms with van der Waals surface area (Å²) >= 11 is 0. The highest BCUT2D eigenvalue weighted by atomic mass is 16.6. The zero-order valence-corrected chi connectivity index (χ0v) is 24.9. The number of nitrogens with zero attached hydrogens (tertiary/aromatic N) is 1. The molecule has 0 saturated heterocycles. The smallest absolute Gasteiger partial charge is 0.408 e. The van der Waals surface area contributed by atoms with Gasteiger partial charge in [0.1, 0.15) is 23.4 Å². The Bertz CT molecular complexity index is 1360. The van der Waals surface area contributed by atoms with Crippen LogP contribution in [0.1, 0.15) is 62.9 Å². The summed E-state index contributed by atoms with van der Waals surface area (Å²) in [5.74, 6) is -0.768. The molecule has 0 radical (unpaired) electrons. The molecule has 0 spiro atoms. The molecule has 8 nitrogen and oxygen atoms in total. The van der Waals surface area contributed by atoms with E-state index in [0.29, 0.717) is 16.8 Å². The Morgan fingerprint density at radius 2 is 1.54 bits per heavy atom. The molecule has 0 aliphatic heterocycles. The fraction of sp³-hybridized carbons (Fsp3) is 0.364. The molecule has 0 aliphatic carbocycles. The standard InChI is InChI=1S/C33H41N3O5/c1-21(2)36(31(39)27(20-24-14-9-8-10-15-24)35-32(40)41-33(5,6)7)29(25-17-18-28(37)23(4)19-25)30(38)34-26-16-12-11-13-22(26)3/h8-19,21,27,29,37H,20H2,1-7H3,(H,34,38)(H,35,40). The van der Waals surface area contributed by atoms with Gasteiger partial charge in [-0.1, -0.05) is 54.6 Å². The number of carbonyl (C=O) groups is 3. The number of nitrogens with one attached hydrogen (secondary N) is 2. The number of hydrogen-bond donors (Lipinski definition) is 3. The van der Waals surface area contributed by atoms with Gasteiger partial charge in [-0.3, -0.25) is 9.59 Å². The van der Waals surface area contributed by atoms with E-state index in [9.17, 15) is 19.5 Å². The van der Waals surface area contributed by atoms with Crippen molar-refractivity contribution < 1.29 is 24.2 Å². The van der Waals surface area contributed by atoms with Crippen LogP contribution in [0.15, 0.2) is 72.8 Å². The summed E-state index contributed by atoms with van der Waals surface area (Å²) in [6.45, 7) is 12.5. The molecule has 8 heteroatoms. The summed E-state index contributed by atoms with van der Waals surface area (Å²) < 4.78 is 5.48. The Morgan fingerprint density at radius 3 is 2.12 bits per heavy atom. The minimum absolute atomic E-state index is 0.0859. The van der Waals surface area contributed by atoms with E-state index >= 15 is 0 Å². The molecule has 218 valence electrons. The Balaban J connectivity index is 2.08. The van der Waals surface area contributed by atoms with Gasteiger partial charge in [-0.25, -0.2) is 4.79 Å². The molecule has 0 aromatic heterocycles. The third-order valence-corrected chi connectivity index (χ3v) is 6.55. The first kappa shape index (κ1) is 31.2. The quantitative estimate of drug-likeness (QED) is 0.295. The lowest BCUT2D eigenvalue weighted by molar-refractivity contribution is -0.142. The van der Waals surface area contributed by atoms with E-state index in [1.54, 1.807) is 45.9 Å². The maximum absolute atomic E-state index is 14.4. The number of para-hydroxylation sites is 1. The van der Waals surface area contributed by atoms with Gasteiger partial charge in [-0.15, -0.1) is 0 Å². The predicted octanol–water partition coefficient (Wildman–Crippen LogP) is 6.06. The van der Waals surface area contributed by atoms with Gasteiger partial charge in [0.15, 0.2) is 0 Å². The summed E-state index contributed by atoms with van der Waals surface area (Å²) in [7, 11) is 0. The van der Waals surface area contributed by atoms with Gasteiger partial charge in [0, 0.05) is 18.2 Å². The van der Waals surface area contributed by atoms with Crippen LogP contribution in [-0.4, -0.2) is 45.6 Å². The second-order valence-electron chi connectivity index (χ2n) is 11.5. The van der Waals surface area contributed by atoms with Crippen LogP contribution in [0.25, 0.3) is 0 Å². The minimum atomic E-state index is -1.06. The van der Waals surface area contributed by atoms with Crippen LogP contribution < -0.4 is 10.6 Å². The van der Waals surface area contributed by atoms with Crippen LogP contribution in [0.5, 0.6) is 5.75 Å². The SMILES string of the molecule is Cc1cc(C(C(=O)Nc2ccccc2C)N(C(=O)C(Cc2ccccc2)NC(=O)OC(C)(C)C)C(C)C)ccc1O. The first-order chi connectivity index (χ1) is 19.3. The van der Waals surface area contributed by atoms with Crippen molar-refractivity contribution in [2.24, 2.45) is 0 Å². The second kappa shape index (κ2) is 13.4. The summed E-state index contributed by atoms with van der Waals surface area (Å²) in [5.41, 5.74) is 2.68. The zero-order valence-electron chi connectivity index (χ0n) is 24.9. The number of amides is 3. The number of hydrogen-bond acceptors (Lipinski definition) is 5. The predicted molar refractivity (Wildman–Crippen MR) is 161 cm³/mol. The van der Waals surface area contributed by atoms with Gasteiger partial charge >= 0.3 is 6.09 Å². The van der Waals surface area contributed by atoms with Crippen LogP contribution in [0, 0.1) is 13.8 Å². The van der Waals surface area contributed by atoms with Gasteiger partial charge in [0.05, 0.1) is 0 Å². The first-order valence-electron chi connectivity index (χ1n) is 13.8. The highest BCUT2D eigenvalue weighted by molar-refractivity contribution is 5.99. The summed E-state index contributed by atoms with van der Waals surface area (Å²) in [6, 6.07) is 19.1. The molecule has 0 fully saturated rings. The van der Waals surface area contributed by atoms with E-state index < -0.39 is 41.6 Å². The highest BCUT2D eigenvalue weighted by Crippen LogP contribution is 2.30. The third kappa shape index (κ3) is 8.58. The lowest BCUT2D eigenvalue weighted by Crippen LogP contribution is -2.55. The minimum Gasteiger partial charge on any atom is -0.508 e. The van der Waals surface area contributed by atoms with E-state index in [1.807, 2.05) is 69.3 Å². The topological polar surface area (TPSA) is 108 Å². The lowest BCUT2D eigenvalue weighted by atomic mass is 9.97. The number of phenolic OH excluding ortho intramolecular Hbond substituents is 1. The summed E-state index contributed by atoms with van der Waals surface area (Å²) in [6.07, 6.45) is -0.528. The van der Waals surface area contributed by atoms with E-state index in [4.69, 9.17) is 4.74 Å². The average Bonchev–Trinajstić information content (AvgIpc) is 2.88. The molecular formula is C33H41N3O5. The number of alkyl carbamates (subject to hydrolysis) is 1. The van der Waals surface area contributed by atoms with Crippen molar-refractivity contribution in [3.05, 3.63) is 95.1 Å². The molecule has 0 saturated carbocycles.